The van der Waals surface area contributed by atoms with E-state index in [1.807, 2.05) is 0 Å². The number of halogens is 3. The van der Waals surface area contributed by atoms with Crippen LogP contribution < -0.4 is 4.72 Å². The van der Waals surface area contributed by atoms with Crippen LogP contribution in [0.15, 0.2) is 29.2 Å². The SMILES string of the molecule is O=S(=O)(Nc1cc(Cl)ccc1O)c1cc(Cl)sc1Cl. The molecule has 0 saturated heterocycles. The molecule has 1 aromatic carbocycles. The maximum atomic E-state index is 12.1. The monoisotopic (exact) mass is 357 g/mol. The van der Waals surface area contributed by atoms with Crippen LogP contribution in [-0.2, 0) is 10.0 Å². The summed E-state index contributed by atoms with van der Waals surface area (Å²) in [5.74, 6) is -0.245. The summed E-state index contributed by atoms with van der Waals surface area (Å²) in [5.41, 5.74) is -0.0362. The quantitative estimate of drug-likeness (QED) is 0.808. The Hall–Kier alpha value is -0.660. The molecule has 2 rings (SSSR count). The van der Waals surface area contributed by atoms with Crippen LogP contribution in [-0.4, -0.2) is 13.5 Å². The lowest BCUT2D eigenvalue weighted by molar-refractivity contribution is 0.477. The van der Waals surface area contributed by atoms with Gasteiger partial charge in [-0.1, -0.05) is 34.8 Å². The second-order valence-electron chi connectivity index (χ2n) is 3.46. The normalized spacial score (nSPS) is 11.5. The molecule has 1 aromatic heterocycles. The predicted molar refractivity (Wildman–Crippen MR) is 78.3 cm³/mol. The molecule has 19 heavy (non-hydrogen) atoms. The Morgan fingerprint density at radius 2 is 1.84 bits per heavy atom. The molecule has 102 valence electrons. The molecule has 0 aliphatic carbocycles. The van der Waals surface area contributed by atoms with Gasteiger partial charge in [0.2, 0.25) is 0 Å². The summed E-state index contributed by atoms with van der Waals surface area (Å²) < 4.78 is 26.7. The lowest BCUT2D eigenvalue weighted by Gasteiger charge is -2.09. The minimum atomic E-state index is -3.94. The van der Waals surface area contributed by atoms with Crippen LogP contribution in [0.2, 0.25) is 13.7 Å². The summed E-state index contributed by atoms with van der Waals surface area (Å²) in [6.07, 6.45) is 0. The van der Waals surface area contributed by atoms with Crippen LogP contribution in [0.5, 0.6) is 5.75 Å². The van der Waals surface area contributed by atoms with Crippen molar-refractivity contribution in [2.24, 2.45) is 0 Å². The highest BCUT2D eigenvalue weighted by Crippen LogP contribution is 2.36. The van der Waals surface area contributed by atoms with Gasteiger partial charge < -0.3 is 5.11 Å². The van der Waals surface area contributed by atoms with Crippen molar-refractivity contribution in [3.8, 4) is 5.75 Å². The van der Waals surface area contributed by atoms with Crippen LogP contribution in [0.4, 0.5) is 5.69 Å². The third-order valence-corrected chi connectivity index (χ3v) is 5.47. The Morgan fingerprint density at radius 1 is 1.16 bits per heavy atom. The van der Waals surface area contributed by atoms with Crippen molar-refractivity contribution in [2.75, 3.05) is 4.72 Å². The number of nitrogens with one attached hydrogen (secondary N) is 1. The highest BCUT2D eigenvalue weighted by Gasteiger charge is 2.22. The van der Waals surface area contributed by atoms with Crippen LogP contribution in [0, 0.1) is 0 Å². The van der Waals surface area contributed by atoms with E-state index in [1.165, 1.54) is 24.3 Å². The largest absolute Gasteiger partial charge is 0.506 e. The summed E-state index contributed by atoms with van der Waals surface area (Å²) in [7, 11) is -3.94. The number of hydrogen-bond acceptors (Lipinski definition) is 4. The van der Waals surface area contributed by atoms with Crippen molar-refractivity contribution in [1.82, 2.24) is 0 Å². The fourth-order valence-electron chi connectivity index (χ4n) is 1.30. The van der Waals surface area contributed by atoms with E-state index in [1.54, 1.807) is 0 Å². The minimum absolute atomic E-state index is 0.0362. The van der Waals surface area contributed by atoms with E-state index in [0.717, 1.165) is 11.3 Å². The fraction of sp³-hybridized carbons (Fsp3) is 0. The van der Waals surface area contributed by atoms with Gasteiger partial charge in [-0.15, -0.1) is 11.3 Å². The number of hydrogen-bond donors (Lipinski definition) is 2. The van der Waals surface area contributed by atoms with E-state index in [-0.39, 0.29) is 30.0 Å². The molecule has 0 unspecified atom stereocenters. The number of phenols is 1. The third kappa shape index (κ3) is 3.27. The first kappa shape index (κ1) is 14.7. The van der Waals surface area contributed by atoms with Gasteiger partial charge in [0.15, 0.2) is 0 Å². The molecular weight excluding hydrogens is 353 g/mol. The first-order chi connectivity index (χ1) is 8.79. The molecule has 2 N–H and O–H groups in total. The van der Waals surface area contributed by atoms with Crippen molar-refractivity contribution in [2.45, 2.75) is 4.90 Å². The molecule has 0 atom stereocenters. The van der Waals surface area contributed by atoms with E-state index in [4.69, 9.17) is 34.8 Å². The maximum absolute atomic E-state index is 12.1. The lowest BCUT2D eigenvalue weighted by Crippen LogP contribution is -2.12. The zero-order chi connectivity index (χ0) is 14.2. The van der Waals surface area contributed by atoms with Gasteiger partial charge in [-0.3, -0.25) is 4.72 Å². The first-order valence-electron chi connectivity index (χ1n) is 4.76. The van der Waals surface area contributed by atoms with Gasteiger partial charge in [0.25, 0.3) is 10.0 Å². The summed E-state index contributed by atoms with van der Waals surface area (Å²) in [4.78, 5) is -0.149. The summed E-state index contributed by atoms with van der Waals surface area (Å²) in [6, 6.07) is 5.24. The highest BCUT2D eigenvalue weighted by atomic mass is 35.5. The number of aromatic hydroxyl groups is 1. The topological polar surface area (TPSA) is 66.4 Å². The molecule has 0 saturated carbocycles. The summed E-state index contributed by atoms with van der Waals surface area (Å²) >= 11 is 18.2. The lowest BCUT2D eigenvalue weighted by atomic mass is 10.3. The fourth-order valence-corrected chi connectivity index (χ4v) is 4.69. The number of sulfonamides is 1. The summed E-state index contributed by atoms with van der Waals surface area (Å²) in [5, 5.41) is 9.86. The molecule has 0 aliphatic rings. The van der Waals surface area contributed by atoms with Crippen LogP contribution in [0.1, 0.15) is 0 Å². The Balaban J connectivity index is 2.42. The molecule has 1 heterocycles. The van der Waals surface area contributed by atoms with E-state index in [9.17, 15) is 13.5 Å². The molecule has 2 aromatic rings. The van der Waals surface area contributed by atoms with Crippen molar-refractivity contribution >= 4 is 61.9 Å². The van der Waals surface area contributed by atoms with E-state index >= 15 is 0 Å². The number of phenolic OH excluding ortho intramolecular Hbond substituents is 1. The second-order valence-corrected chi connectivity index (χ2v) is 7.83. The molecule has 9 heteroatoms. The number of benzene rings is 1. The van der Waals surface area contributed by atoms with Crippen LogP contribution in [0.3, 0.4) is 0 Å². The predicted octanol–water partition coefficient (Wildman–Crippen LogP) is 4.21. The molecule has 0 amide bonds. The minimum Gasteiger partial charge on any atom is -0.506 e. The third-order valence-electron chi connectivity index (χ3n) is 2.12. The Kier molecular flexibility index (Phi) is 4.17. The highest BCUT2D eigenvalue weighted by molar-refractivity contribution is 7.93. The molecule has 0 radical (unpaired) electrons. The maximum Gasteiger partial charge on any atom is 0.264 e. The molecular formula is C10H6Cl3NO3S2. The van der Waals surface area contributed by atoms with E-state index in [0.29, 0.717) is 0 Å². The van der Waals surface area contributed by atoms with Gasteiger partial charge in [0, 0.05) is 5.02 Å². The molecule has 0 fully saturated rings. The molecule has 0 spiro atoms. The van der Waals surface area contributed by atoms with E-state index in [2.05, 4.69) is 4.72 Å². The molecule has 4 nitrogen and oxygen atoms in total. The number of rotatable bonds is 3. The molecule has 0 bridgehead atoms. The average Bonchev–Trinajstić information content (AvgIpc) is 2.63. The van der Waals surface area contributed by atoms with Gasteiger partial charge >= 0.3 is 0 Å². The zero-order valence-electron chi connectivity index (χ0n) is 9.02. The van der Waals surface area contributed by atoms with Gasteiger partial charge in [-0.05, 0) is 24.3 Å². The number of anilines is 1. The van der Waals surface area contributed by atoms with Crippen molar-refractivity contribution in [3.05, 3.63) is 38.0 Å². The van der Waals surface area contributed by atoms with E-state index < -0.39 is 10.0 Å². The second kappa shape index (κ2) is 5.38. The number of thiophene rings is 1. The molecule has 0 aliphatic heterocycles. The average molecular weight is 359 g/mol. The standard InChI is InChI=1S/C10H6Cl3NO3S2/c11-5-1-2-7(15)6(3-5)14-19(16,17)8-4-9(12)18-10(8)13/h1-4,14-15H. The van der Waals surface area contributed by atoms with Gasteiger partial charge in [0.1, 0.15) is 15.0 Å². The first-order valence-corrected chi connectivity index (χ1v) is 8.19. The van der Waals surface area contributed by atoms with Crippen LogP contribution in [0.25, 0.3) is 0 Å². The Bertz CT molecular complexity index is 728. The van der Waals surface area contributed by atoms with Crippen LogP contribution >= 0.6 is 46.1 Å². The summed E-state index contributed by atoms with van der Waals surface area (Å²) in [6.45, 7) is 0. The Morgan fingerprint density at radius 3 is 2.42 bits per heavy atom. The van der Waals surface area contributed by atoms with Crippen molar-refractivity contribution in [3.63, 3.8) is 0 Å². The van der Waals surface area contributed by atoms with Crippen molar-refractivity contribution < 1.29 is 13.5 Å². The Labute approximate surface area is 128 Å². The van der Waals surface area contributed by atoms with Gasteiger partial charge in [0.05, 0.1) is 10.0 Å². The smallest absolute Gasteiger partial charge is 0.264 e. The van der Waals surface area contributed by atoms with Crippen molar-refractivity contribution in [1.29, 1.82) is 0 Å². The zero-order valence-corrected chi connectivity index (χ0v) is 12.9. The van der Waals surface area contributed by atoms with Gasteiger partial charge in [-0.25, -0.2) is 8.42 Å². The van der Waals surface area contributed by atoms with Gasteiger partial charge in [-0.2, -0.15) is 0 Å².